The molecule has 0 saturated carbocycles. The minimum atomic E-state index is -0.492. The van der Waals surface area contributed by atoms with Crippen LogP contribution in [-0.2, 0) is 4.84 Å². The summed E-state index contributed by atoms with van der Waals surface area (Å²) < 4.78 is 19.2. The predicted molar refractivity (Wildman–Crippen MR) is 106 cm³/mol. The van der Waals surface area contributed by atoms with Crippen molar-refractivity contribution in [2.75, 3.05) is 25.5 Å². The molecule has 1 atom stereocenters. The van der Waals surface area contributed by atoms with Crippen molar-refractivity contribution in [2.45, 2.75) is 12.5 Å². The molecule has 28 heavy (non-hydrogen) atoms. The highest BCUT2D eigenvalue weighted by Gasteiger charge is 2.27. The molecular formula is C21H22FN3O3. The smallest absolute Gasteiger partial charge is 0.322 e. The van der Waals surface area contributed by atoms with Gasteiger partial charge in [0, 0.05) is 18.5 Å². The summed E-state index contributed by atoms with van der Waals surface area (Å²) in [6, 6.07) is 13.1. The van der Waals surface area contributed by atoms with E-state index in [4.69, 9.17) is 9.57 Å². The summed E-state index contributed by atoms with van der Waals surface area (Å²) >= 11 is 0. The SMILES string of the molecule is C=CCN(C[C@@H]1CC(c2ccccc2OC)=NO1)C(=O)Nc1ccccc1F. The number of hydrogen-bond acceptors (Lipinski definition) is 4. The lowest BCUT2D eigenvalue weighted by Crippen LogP contribution is -2.40. The fourth-order valence-corrected chi connectivity index (χ4v) is 2.97. The highest BCUT2D eigenvalue weighted by molar-refractivity contribution is 6.03. The maximum absolute atomic E-state index is 13.8. The third kappa shape index (κ3) is 4.49. The van der Waals surface area contributed by atoms with E-state index in [2.05, 4.69) is 17.1 Å². The van der Waals surface area contributed by atoms with Crippen LogP contribution in [0.25, 0.3) is 0 Å². The number of carbonyl (C=O) groups is 1. The summed E-state index contributed by atoms with van der Waals surface area (Å²) in [6.45, 7) is 4.27. The number of amides is 2. The van der Waals surface area contributed by atoms with Crippen LogP contribution in [0.2, 0.25) is 0 Å². The normalized spacial score (nSPS) is 15.4. The van der Waals surface area contributed by atoms with Gasteiger partial charge in [0.05, 0.1) is 25.1 Å². The molecule has 0 unspecified atom stereocenters. The Labute approximate surface area is 163 Å². The first-order chi connectivity index (χ1) is 13.6. The molecule has 1 heterocycles. The Hall–Kier alpha value is -3.35. The third-order valence-electron chi connectivity index (χ3n) is 4.33. The number of methoxy groups -OCH3 is 1. The molecule has 1 N–H and O–H groups in total. The zero-order chi connectivity index (χ0) is 19.9. The van der Waals surface area contributed by atoms with E-state index in [0.29, 0.717) is 18.7 Å². The number of benzene rings is 2. The quantitative estimate of drug-likeness (QED) is 0.734. The number of para-hydroxylation sites is 2. The van der Waals surface area contributed by atoms with Crippen molar-refractivity contribution in [3.05, 3.63) is 72.6 Å². The molecule has 1 aliphatic rings. The van der Waals surface area contributed by atoms with E-state index in [0.717, 1.165) is 11.3 Å². The molecule has 0 fully saturated rings. The molecule has 0 spiro atoms. The fraction of sp³-hybridized carbons (Fsp3) is 0.238. The topological polar surface area (TPSA) is 63.2 Å². The summed E-state index contributed by atoms with van der Waals surface area (Å²) in [6.07, 6.45) is 1.82. The number of halogens is 1. The first-order valence-corrected chi connectivity index (χ1v) is 8.89. The third-order valence-corrected chi connectivity index (χ3v) is 4.33. The monoisotopic (exact) mass is 383 g/mol. The summed E-state index contributed by atoms with van der Waals surface area (Å²) in [4.78, 5) is 19.6. The van der Waals surface area contributed by atoms with Crippen LogP contribution in [0.5, 0.6) is 5.75 Å². The van der Waals surface area contributed by atoms with Gasteiger partial charge in [0.1, 0.15) is 11.6 Å². The summed E-state index contributed by atoms with van der Waals surface area (Å²) in [7, 11) is 1.60. The molecular weight excluding hydrogens is 361 g/mol. The minimum Gasteiger partial charge on any atom is -0.496 e. The minimum absolute atomic E-state index is 0.125. The number of hydrogen-bond donors (Lipinski definition) is 1. The second-order valence-electron chi connectivity index (χ2n) is 6.27. The van der Waals surface area contributed by atoms with E-state index in [1.165, 1.54) is 17.0 Å². The van der Waals surface area contributed by atoms with Crippen LogP contribution in [0.3, 0.4) is 0 Å². The van der Waals surface area contributed by atoms with Gasteiger partial charge in [0.15, 0.2) is 6.10 Å². The number of nitrogens with one attached hydrogen (secondary N) is 1. The van der Waals surface area contributed by atoms with Crippen molar-refractivity contribution in [2.24, 2.45) is 5.16 Å². The second-order valence-corrected chi connectivity index (χ2v) is 6.27. The standard InChI is InChI=1S/C21H22FN3O3/c1-3-12-25(21(26)23-18-10-6-5-9-17(18)22)14-15-13-19(24-28-15)16-8-4-7-11-20(16)27-2/h3-11,15H,1,12-14H2,2H3,(H,23,26)/t15-/m0/s1. The Bertz CT molecular complexity index is 885. The van der Waals surface area contributed by atoms with Gasteiger partial charge in [-0.3, -0.25) is 0 Å². The molecule has 3 rings (SSSR count). The first kappa shape index (κ1) is 19.4. The number of nitrogens with zero attached hydrogens (tertiary/aromatic N) is 2. The van der Waals surface area contributed by atoms with Gasteiger partial charge in [-0.1, -0.05) is 35.5 Å². The van der Waals surface area contributed by atoms with Crippen molar-refractivity contribution in [3.63, 3.8) is 0 Å². The van der Waals surface area contributed by atoms with Crippen molar-refractivity contribution >= 4 is 17.4 Å². The molecule has 2 amide bonds. The molecule has 146 valence electrons. The molecule has 6 nitrogen and oxygen atoms in total. The van der Waals surface area contributed by atoms with Crippen LogP contribution in [-0.4, -0.2) is 42.9 Å². The highest BCUT2D eigenvalue weighted by Crippen LogP contribution is 2.25. The van der Waals surface area contributed by atoms with Gasteiger partial charge in [0.2, 0.25) is 0 Å². The number of anilines is 1. The molecule has 0 radical (unpaired) electrons. The number of carbonyl (C=O) groups excluding carboxylic acids is 1. The molecule has 0 saturated heterocycles. The molecule has 0 aliphatic carbocycles. The van der Waals surface area contributed by atoms with Crippen LogP contribution in [0.15, 0.2) is 66.3 Å². The van der Waals surface area contributed by atoms with Crippen LogP contribution in [0, 0.1) is 5.82 Å². The molecule has 0 bridgehead atoms. The molecule has 0 aromatic heterocycles. The first-order valence-electron chi connectivity index (χ1n) is 8.89. The Morgan fingerprint density at radius 1 is 1.36 bits per heavy atom. The lowest BCUT2D eigenvalue weighted by atomic mass is 10.0. The molecule has 2 aromatic rings. The van der Waals surface area contributed by atoms with Gasteiger partial charge in [-0.25, -0.2) is 9.18 Å². The van der Waals surface area contributed by atoms with Crippen LogP contribution in [0.1, 0.15) is 12.0 Å². The number of oxime groups is 1. The number of ether oxygens (including phenoxy) is 1. The Morgan fingerprint density at radius 2 is 2.11 bits per heavy atom. The highest BCUT2D eigenvalue weighted by atomic mass is 19.1. The summed E-state index contributed by atoms with van der Waals surface area (Å²) in [5.74, 6) is 0.221. The van der Waals surface area contributed by atoms with Crippen molar-refractivity contribution in [1.29, 1.82) is 0 Å². The van der Waals surface area contributed by atoms with Crippen LogP contribution >= 0.6 is 0 Å². The number of urea groups is 1. The summed E-state index contributed by atoms with van der Waals surface area (Å²) in [5, 5.41) is 6.74. The van der Waals surface area contributed by atoms with Gasteiger partial charge in [-0.2, -0.15) is 0 Å². The van der Waals surface area contributed by atoms with Crippen LogP contribution in [0.4, 0.5) is 14.9 Å². The van der Waals surface area contributed by atoms with E-state index < -0.39 is 11.8 Å². The lowest BCUT2D eigenvalue weighted by molar-refractivity contribution is 0.0645. The second kappa shape index (κ2) is 9.03. The van der Waals surface area contributed by atoms with E-state index in [-0.39, 0.29) is 18.3 Å². The molecule has 1 aliphatic heterocycles. The average Bonchev–Trinajstić information content (AvgIpc) is 3.17. The average molecular weight is 383 g/mol. The summed E-state index contributed by atoms with van der Waals surface area (Å²) in [5.41, 5.74) is 1.74. The Balaban J connectivity index is 1.65. The van der Waals surface area contributed by atoms with E-state index in [1.807, 2.05) is 24.3 Å². The van der Waals surface area contributed by atoms with Gasteiger partial charge in [-0.05, 0) is 24.3 Å². The lowest BCUT2D eigenvalue weighted by Gasteiger charge is -2.24. The zero-order valence-electron chi connectivity index (χ0n) is 15.6. The largest absolute Gasteiger partial charge is 0.496 e. The van der Waals surface area contributed by atoms with Crippen molar-refractivity contribution in [1.82, 2.24) is 4.90 Å². The predicted octanol–water partition coefficient (Wildman–Crippen LogP) is 4.05. The fourth-order valence-electron chi connectivity index (χ4n) is 2.97. The van der Waals surface area contributed by atoms with E-state index in [1.54, 1.807) is 25.3 Å². The van der Waals surface area contributed by atoms with Crippen molar-refractivity contribution < 1.29 is 18.8 Å². The molecule has 7 heteroatoms. The van der Waals surface area contributed by atoms with Gasteiger partial charge in [0.25, 0.3) is 0 Å². The van der Waals surface area contributed by atoms with Gasteiger partial charge >= 0.3 is 6.03 Å². The van der Waals surface area contributed by atoms with Gasteiger partial charge in [-0.15, -0.1) is 6.58 Å². The molecule has 2 aromatic carbocycles. The number of rotatable bonds is 7. The van der Waals surface area contributed by atoms with E-state index >= 15 is 0 Å². The Kier molecular flexibility index (Phi) is 6.26. The maximum atomic E-state index is 13.8. The van der Waals surface area contributed by atoms with E-state index in [9.17, 15) is 9.18 Å². The zero-order valence-corrected chi connectivity index (χ0v) is 15.6. The van der Waals surface area contributed by atoms with Crippen molar-refractivity contribution in [3.8, 4) is 5.75 Å². The Morgan fingerprint density at radius 3 is 2.86 bits per heavy atom. The van der Waals surface area contributed by atoms with Gasteiger partial charge < -0.3 is 19.8 Å². The van der Waals surface area contributed by atoms with Crippen LogP contribution < -0.4 is 10.1 Å². The maximum Gasteiger partial charge on any atom is 0.322 e.